The maximum absolute atomic E-state index is 13.6. The first kappa shape index (κ1) is 26.6. The number of aromatic nitrogens is 2. The average Bonchev–Trinajstić information content (AvgIpc) is 2.77. The van der Waals surface area contributed by atoms with Gasteiger partial charge in [-0.15, -0.1) is 0 Å². The fraction of sp³-hybridized carbons (Fsp3) is 0.542. The van der Waals surface area contributed by atoms with Crippen molar-refractivity contribution in [2.75, 3.05) is 19.5 Å². The van der Waals surface area contributed by atoms with Crippen LogP contribution in [0.15, 0.2) is 30.5 Å². The number of alkyl halides is 2. The fourth-order valence-corrected chi connectivity index (χ4v) is 4.00. The van der Waals surface area contributed by atoms with E-state index in [4.69, 9.17) is 9.47 Å². The topological polar surface area (TPSA) is 82.6 Å². The zero-order chi connectivity index (χ0) is 24.8. The number of halogens is 2. The highest BCUT2D eigenvalue weighted by Crippen LogP contribution is 2.54. The first-order chi connectivity index (χ1) is 15.7. The second kappa shape index (κ2) is 11.0. The van der Waals surface area contributed by atoms with E-state index < -0.39 is 23.7 Å². The molecule has 33 heavy (non-hydrogen) atoms. The van der Waals surface area contributed by atoms with E-state index in [-0.39, 0.29) is 30.3 Å². The van der Waals surface area contributed by atoms with Gasteiger partial charge in [-0.25, -0.2) is 4.98 Å². The van der Waals surface area contributed by atoms with Crippen LogP contribution in [0.1, 0.15) is 63.4 Å². The number of hydrogen-bond acceptors (Lipinski definition) is 6. The second-order valence-corrected chi connectivity index (χ2v) is 7.99. The molecule has 2 aromatic heterocycles. The minimum atomic E-state index is -3.07. The zero-order valence-corrected chi connectivity index (χ0v) is 20.2. The monoisotopic (exact) mass is 465 g/mol. The Morgan fingerprint density at radius 2 is 1.76 bits per heavy atom. The number of ether oxygens (including phenoxy) is 3. The largest absolute Gasteiger partial charge is 0.415 e. The summed E-state index contributed by atoms with van der Waals surface area (Å²) in [5, 5.41) is 2.73. The number of carbonyl (C=O) groups excluding carboxylic acids is 1. The smallest absolute Gasteiger partial charge is 0.388 e. The predicted molar refractivity (Wildman–Crippen MR) is 122 cm³/mol. The Labute approximate surface area is 193 Å². The average molecular weight is 466 g/mol. The van der Waals surface area contributed by atoms with Crippen molar-refractivity contribution in [1.82, 2.24) is 9.97 Å². The van der Waals surface area contributed by atoms with Crippen LogP contribution in [0.2, 0.25) is 0 Å². The third kappa shape index (κ3) is 5.47. The Morgan fingerprint density at radius 3 is 2.30 bits per heavy atom. The van der Waals surface area contributed by atoms with Crippen molar-refractivity contribution in [2.45, 2.75) is 71.2 Å². The number of carbonyl (C=O) groups is 1. The highest BCUT2D eigenvalue weighted by molar-refractivity contribution is 6.01. The molecular weight excluding hydrogens is 432 g/mol. The van der Waals surface area contributed by atoms with E-state index in [9.17, 15) is 13.6 Å². The molecule has 1 saturated carbocycles. The van der Waals surface area contributed by atoms with Gasteiger partial charge in [0, 0.05) is 39.0 Å². The van der Waals surface area contributed by atoms with Crippen LogP contribution in [0.5, 0.6) is 5.88 Å². The molecule has 0 saturated heterocycles. The molecule has 7 nitrogen and oxygen atoms in total. The Kier molecular flexibility index (Phi) is 8.85. The highest BCUT2D eigenvalue weighted by Gasteiger charge is 2.62. The quantitative estimate of drug-likeness (QED) is 0.540. The number of pyridine rings is 2. The van der Waals surface area contributed by atoms with Crippen molar-refractivity contribution in [2.24, 2.45) is 0 Å². The Hall–Kier alpha value is -2.65. The van der Waals surface area contributed by atoms with Crippen LogP contribution in [0.25, 0.3) is 0 Å². The molecule has 0 unspecified atom stereocenters. The molecule has 0 atom stereocenters. The van der Waals surface area contributed by atoms with E-state index in [1.165, 1.54) is 20.3 Å². The lowest BCUT2D eigenvalue weighted by molar-refractivity contribution is -0.274. The summed E-state index contributed by atoms with van der Waals surface area (Å²) >= 11 is 0. The van der Waals surface area contributed by atoms with Gasteiger partial charge < -0.3 is 19.5 Å². The van der Waals surface area contributed by atoms with Crippen molar-refractivity contribution in [3.05, 3.63) is 47.4 Å². The van der Waals surface area contributed by atoms with E-state index in [1.54, 1.807) is 19.2 Å². The van der Waals surface area contributed by atoms with Crippen LogP contribution >= 0.6 is 0 Å². The summed E-state index contributed by atoms with van der Waals surface area (Å²) in [5.74, 6) is -1.57. The number of nitrogens with one attached hydrogen (secondary N) is 1. The van der Waals surface area contributed by atoms with Gasteiger partial charge in [0.15, 0.2) is 5.79 Å². The number of aryl methyl sites for hydroxylation is 1. The van der Waals surface area contributed by atoms with Gasteiger partial charge in [-0.1, -0.05) is 33.8 Å². The van der Waals surface area contributed by atoms with Gasteiger partial charge in [-0.3, -0.25) is 9.78 Å². The molecule has 0 radical (unpaired) electrons. The molecular formula is C24H33F2N3O4. The van der Waals surface area contributed by atoms with Crippen molar-refractivity contribution >= 4 is 11.6 Å². The molecule has 1 amide bonds. The summed E-state index contributed by atoms with van der Waals surface area (Å²) in [5.41, 5.74) is 1.01. The molecule has 2 aromatic rings. The van der Waals surface area contributed by atoms with Gasteiger partial charge in [0.2, 0.25) is 11.8 Å². The fourth-order valence-electron chi connectivity index (χ4n) is 4.00. The van der Waals surface area contributed by atoms with Gasteiger partial charge in [-0.2, -0.15) is 8.78 Å². The van der Waals surface area contributed by atoms with Gasteiger partial charge in [0.05, 0.1) is 5.69 Å². The van der Waals surface area contributed by atoms with Gasteiger partial charge in [0.25, 0.3) is 0 Å². The summed E-state index contributed by atoms with van der Waals surface area (Å²) in [6.45, 7) is 6.61. The van der Waals surface area contributed by atoms with Crippen molar-refractivity contribution in [1.29, 1.82) is 0 Å². The Morgan fingerprint density at radius 1 is 1.12 bits per heavy atom. The normalized spacial score (nSPS) is 16.0. The first-order valence-corrected chi connectivity index (χ1v) is 11.0. The summed E-state index contributed by atoms with van der Waals surface area (Å²) in [6, 6.07) is 6.85. The first-order valence-electron chi connectivity index (χ1n) is 11.0. The van der Waals surface area contributed by atoms with Gasteiger partial charge in [-0.05, 0) is 36.6 Å². The number of amides is 1. The lowest BCUT2D eigenvalue weighted by atomic mass is 9.60. The van der Waals surface area contributed by atoms with E-state index in [0.29, 0.717) is 11.4 Å². The van der Waals surface area contributed by atoms with Crippen LogP contribution < -0.4 is 10.1 Å². The lowest BCUT2D eigenvalue weighted by Gasteiger charge is -2.52. The molecule has 182 valence electrons. The molecule has 1 fully saturated rings. The standard InChI is InChI=1S/C22H27F2N3O4.C2H6/c1-13(2)15-7-6-10-25-17(15)21(11-22(12-21,29-4)30-5)19(28)27-16-9-8-14(3)26-18(16)31-20(23)24;1-2/h6-10,13,20H,11-12H2,1-5H3,(H,27,28);1-2H3. The maximum Gasteiger partial charge on any atom is 0.388 e. The Balaban J connectivity index is 0.00000187. The predicted octanol–water partition coefficient (Wildman–Crippen LogP) is 5.20. The molecule has 0 aliphatic heterocycles. The van der Waals surface area contributed by atoms with Gasteiger partial charge >= 0.3 is 6.61 Å². The Bertz CT molecular complexity index is 941. The van der Waals surface area contributed by atoms with Gasteiger partial charge in [0.1, 0.15) is 11.1 Å². The molecule has 1 aliphatic rings. The number of anilines is 1. The third-order valence-electron chi connectivity index (χ3n) is 5.68. The number of methoxy groups -OCH3 is 2. The van der Waals surface area contributed by atoms with Crippen LogP contribution in [-0.4, -0.2) is 42.5 Å². The second-order valence-electron chi connectivity index (χ2n) is 7.99. The van der Waals surface area contributed by atoms with Crippen LogP contribution in [0, 0.1) is 6.92 Å². The molecule has 0 aromatic carbocycles. The van der Waals surface area contributed by atoms with Crippen LogP contribution in [0.4, 0.5) is 14.5 Å². The minimum absolute atomic E-state index is 0.0598. The molecule has 1 N–H and O–H groups in total. The third-order valence-corrected chi connectivity index (χ3v) is 5.68. The lowest BCUT2D eigenvalue weighted by Crippen LogP contribution is -2.62. The molecule has 0 bridgehead atoms. The van der Waals surface area contributed by atoms with Crippen molar-refractivity contribution in [3.8, 4) is 5.88 Å². The highest BCUT2D eigenvalue weighted by atomic mass is 19.3. The molecule has 3 rings (SSSR count). The number of rotatable bonds is 8. The van der Waals surface area contributed by atoms with E-state index in [1.807, 2.05) is 39.8 Å². The van der Waals surface area contributed by atoms with E-state index in [2.05, 4.69) is 20.0 Å². The minimum Gasteiger partial charge on any atom is -0.415 e. The maximum atomic E-state index is 13.6. The van der Waals surface area contributed by atoms with Crippen LogP contribution in [0.3, 0.4) is 0 Å². The van der Waals surface area contributed by atoms with E-state index in [0.717, 1.165) is 5.56 Å². The summed E-state index contributed by atoms with van der Waals surface area (Å²) in [6.07, 6.45) is 2.08. The summed E-state index contributed by atoms with van der Waals surface area (Å²) in [7, 11) is 3.04. The van der Waals surface area contributed by atoms with Crippen molar-refractivity contribution < 1.29 is 27.8 Å². The molecule has 9 heteroatoms. The van der Waals surface area contributed by atoms with Crippen molar-refractivity contribution in [3.63, 3.8) is 0 Å². The zero-order valence-electron chi connectivity index (χ0n) is 20.2. The number of nitrogens with zero attached hydrogens (tertiary/aromatic N) is 2. The summed E-state index contributed by atoms with van der Waals surface area (Å²) in [4.78, 5) is 22.1. The van der Waals surface area contributed by atoms with E-state index >= 15 is 0 Å². The molecule has 0 spiro atoms. The SMILES string of the molecule is CC.COC1(OC)CC(C(=O)Nc2ccc(C)nc2OC(F)F)(c2ncccc2C(C)C)C1. The molecule has 2 heterocycles. The number of hydrogen-bond donors (Lipinski definition) is 1. The summed E-state index contributed by atoms with van der Waals surface area (Å²) < 4.78 is 41.3. The molecule has 1 aliphatic carbocycles. The van der Waals surface area contributed by atoms with Crippen LogP contribution in [-0.2, 0) is 19.7 Å².